The van der Waals surface area contributed by atoms with E-state index < -0.39 is 5.63 Å². The maximum Gasteiger partial charge on any atom is 0.336 e. The maximum atomic E-state index is 11.9. The van der Waals surface area contributed by atoms with E-state index in [4.69, 9.17) is 13.3 Å². The van der Waals surface area contributed by atoms with Crippen LogP contribution in [-0.2, 0) is 10.5 Å². The number of hydrogen-bond acceptors (Lipinski definition) is 8. The Balaban J connectivity index is 1.58. The first-order valence-electron chi connectivity index (χ1n) is 7.93. The molecule has 0 unspecified atom stereocenters. The zero-order valence-corrected chi connectivity index (χ0v) is 14.9. The summed E-state index contributed by atoms with van der Waals surface area (Å²) in [6.45, 7) is 1.41. The molecule has 0 bridgehead atoms. The molecular formula is C18H13N3O5S. The fraction of sp³-hybridized carbons (Fsp3) is 0.111. The zero-order valence-electron chi connectivity index (χ0n) is 14.1. The summed E-state index contributed by atoms with van der Waals surface area (Å²) in [7, 11) is 0. The van der Waals surface area contributed by atoms with Crippen LogP contribution < -0.4 is 10.9 Å². The maximum absolute atomic E-state index is 11.9. The van der Waals surface area contributed by atoms with Gasteiger partial charge < -0.3 is 18.6 Å². The predicted octanol–water partition coefficient (Wildman–Crippen LogP) is 3.69. The number of amides is 1. The van der Waals surface area contributed by atoms with Gasteiger partial charge in [0.1, 0.15) is 5.58 Å². The Labute approximate surface area is 156 Å². The van der Waals surface area contributed by atoms with Crippen molar-refractivity contribution in [2.24, 2.45) is 0 Å². The smallest absolute Gasteiger partial charge is 0.336 e. The van der Waals surface area contributed by atoms with Crippen LogP contribution in [0.4, 0.5) is 5.69 Å². The van der Waals surface area contributed by atoms with E-state index in [1.54, 1.807) is 30.3 Å². The number of thioether (sulfide) groups is 1. The molecule has 27 heavy (non-hydrogen) atoms. The van der Waals surface area contributed by atoms with Crippen LogP contribution in [0.3, 0.4) is 0 Å². The summed E-state index contributed by atoms with van der Waals surface area (Å²) in [6.07, 6.45) is 1.52. The number of benzene rings is 1. The van der Waals surface area contributed by atoms with E-state index >= 15 is 0 Å². The minimum absolute atomic E-state index is 0.202. The molecule has 4 rings (SSSR count). The number of fused-ring (bicyclic) bond motifs is 1. The minimum atomic E-state index is -0.472. The van der Waals surface area contributed by atoms with Crippen molar-refractivity contribution in [2.45, 2.75) is 17.9 Å². The quantitative estimate of drug-likeness (QED) is 0.410. The highest BCUT2D eigenvalue weighted by Crippen LogP contribution is 2.29. The van der Waals surface area contributed by atoms with Crippen molar-refractivity contribution in [3.05, 3.63) is 58.6 Å². The van der Waals surface area contributed by atoms with Crippen LogP contribution in [0.1, 0.15) is 12.5 Å². The van der Waals surface area contributed by atoms with E-state index in [1.807, 2.05) is 0 Å². The van der Waals surface area contributed by atoms with E-state index in [2.05, 4.69) is 15.5 Å². The topological polar surface area (TPSA) is 111 Å². The van der Waals surface area contributed by atoms with Gasteiger partial charge in [-0.05, 0) is 29.8 Å². The molecule has 0 spiro atoms. The number of nitrogens with one attached hydrogen (secondary N) is 1. The molecule has 8 nitrogen and oxygen atoms in total. The first-order valence-corrected chi connectivity index (χ1v) is 8.91. The van der Waals surface area contributed by atoms with Crippen molar-refractivity contribution in [2.75, 3.05) is 5.32 Å². The lowest BCUT2D eigenvalue weighted by Gasteiger charge is -2.06. The van der Waals surface area contributed by atoms with E-state index in [9.17, 15) is 9.59 Å². The number of nitrogens with zero attached hydrogens (tertiary/aromatic N) is 2. The molecule has 136 valence electrons. The van der Waals surface area contributed by atoms with E-state index in [1.165, 1.54) is 31.0 Å². The number of anilines is 1. The number of carbonyl (C=O) groups is 1. The third-order valence-electron chi connectivity index (χ3n) is 3.64. The van der Waals surface area contributed by atoms with Gasteiger partial charge in [-0.1, -0.05) is 11.8 Å². The highest BCUT2D eigenvalue weighted by Gasteiger charge is 2.13. The van der Waals surface area contributed by atoms with Gasteiger partial charge in [-0.15, -0.1) is 10.2 Å². The number of rotatable bonds is 5. The molecule has 1 amide bonds. The van der Waals surface area contributed by atoms with Crippen molar-refractivity contribution >= 4 is 34.3 Å². The number of hydrogen-bond donors (Lipinski definition) is 1. The van der Waals surface area contributed by atoms with Crippen LogP contribution in [-0.4, -0.2) is 16.1 Å². The highest BCUT2D eigenvalue weighted by atomic mass is 32.2. The molecule has 0 aliphatic carbocycles. The third-order valence-corrected chi connectivity index (χ3v) is 4.51. The third kappa shape index (κ3) is 3.77. The van der Waals surface area contributed by atoms with E-state index in [0.717, 1.165) is 10.9 Å². The normalized spacial score (nSPS) is 11.0. The first-order chi connectivity index (χ1) is 13.1. The summed E-state index contributed by atoms with van der Waals surface area (Å²) >= 11 is 1.30. The second-order valence-electron chi connectivity index (χ2n) is 5.62. The number of aromatic nitrogens is 2. The zero-order chi connectivity index (χ0) is 18.8. The molecule has 0 radical (unpaired) electrons. The standard InChI is InChI=1S/C18H13N3O5S/c1-10(22)19-12-4-5-13-11(7-16(23)25-15(13)8-12)9-27-18-21-20-17(26-18)14-3-2-6-24-14/h2-8H,9H2,1H3,(H,19,22). The lowest BCUT2D eigenvalue weighted by molar-refractivity contribution is -0.114. The number of furan rings is 1. The second kappa shape index (κ2) is 7.12. The summed E-state index contributed by atoms with van der Waals surface area (Å²) in [6, 6.07) is 10.0. The van der Waals surface area contributed by atoms with Gasteiger partial charge in [0.05, 0.1) is 6.26 Å². The van der Waals surface area contributed by atoms with Crippen LogP contribution >= 0.6 is 11.8 Å². The average Bonchev–Trinajstić information content (AvgIpc) is 3.30. The molecule has 4 aromatic rings. The monoisotopic (exact) mass is 383 g/mol. The Morgan fingerprint density at radius 2 is 2.07 bits per heavy atom. The van der Waals surface area contributed by atoms with Gasteiger partial charge in [0.15, 0.2) is 5.76 Å². The van der Waals surface area contributed by atoms with Gasteiger partial charge in [-0.2, -0.15) is 0 Å². The summed E-state index contributed by atoms with van der Waals surface area (Å²) in [5, 5.41) is 11.7. The molecular weight excluding hydrogens is 370 g/mol. The summed E-state index contributed by atoms with van der Waals surface area (Å²) in [4.78, 5) is 23.1. The fourth-order valence-electron chi connectivity index (χ4n) is 2.54. The van der Waals surface area contributed by atoms with Crippen LogP contribution in [0.5, 0.6) is 0 Å². The summed E-state index contributed by atoms with van der Waals surface area (Å²) in [5.41, 5.74) is 1.24. The molecule has 0 fully saturated rings. The Morgan fingerprint density at radius 1 is 1.19 bits per heavy atom. The molecule has 0 aliphatic rings. The minimum Gasteiger partial charge on any atom is -0.459 e. The van der Waals surface area contributed by atoms with Crippen LogP contribution in [0.15, 0.2) is 65.9 Å². The predicted molar refractivity (Wildman–Crippen MR) is 98.3 cm³/mol. The van der Waals surface area contributed by atoms with E-state index in [0.29, 0.717) is 33.9 Å². The molecule has 9 heteroatoms. The highest BCUT2D eigenvalue weighted by molar-refractivity contribution is 7.98. The van der Waals surface area contributed by atoms with Gasteiger partial charge in [0.2, 0.25) is 5.91 Å². The Hall–Kier alpha value is -3.33. The number of carbonyl (C=O) groups excluding carboxylic acids is 1. The Morgan fingerprint density at radius 3 is 2.85 bits per heavy atom. The van der Waals surface area contributed by atoms with Crippen molar-refractivity contribution in [3.63, 3.8) is 0 Å². The van der Waals surface area contributed by atoms with Gasteiger partial charge in [-0.25, -0.2) is 4.79 Å². The molecule has 1 N–H and O–H groups in total. The van der Waals surface area contributed by atoms with Gasteiger partial charge in [-0.3, -0.25) is 4.79 Å². The summed E-state index contributed by atoms with van der Waals surface area (Å²) < 4.78 is 16.0. The molecule has 0 saturated heterocycles. The lowest BCUT2D eigenvalue weighted by Crippen LogP contribution is -2.06. The van der Waals surface area contributed by atoms with Gasteiger partial charge in [0, 0.05) is 35.9 Å². The Bertz CT molecular complexity index is 1160. The largest absolute Gasteiger partial charge is 0.459 e. The van der Waals surface area contributed by atoms with Crippen molar-refractivity contribution in [1.82, 2.24) is 10.2 Å². The lowest BCUT2D eigenvalue weighted by atomic mass is 10.1. The summed E-state index contributed by atoms with van der Waals surface area (Å²) in [5.74, 6) is 1.01. The fourth-order valence-corrected chi connectivity index (χ4v) is 3.29. The van der Waals surface area contributed by atoms with Crippen molar-refractivity contribution in [3.8, 4) is 11.7 Å². The average molecular weight is 383 g/mol. The molecule has 0 aliphatic heterocycles. The molecule has 3 heterocycles. The molecule has 3 aromatic heterocycles. The van der Waals surface area contributed by atoms with Gasteiger partial charge >= 0.3 is 5.63 Å². The van der Waals surface area contributed by atoms with Gasteiger partial charge in [0.25, 0.3) is 11.1 Å². The molecule has 0 atom stereocenters. The SMILES string of the molecule is CC(=O)Nc1ccc2c(CSc3nnc(-c4ccco4)o3)cc(=O)oc2c1. The van der Waals surface area contributed by atoms with E-state index in [-0.39, 0.29) is 5.91 Å². The molecule has 0 saturated carbocycles. The van der Waals surface area contributed by atoms with Crippen molar-refractivity contribution in [1.29, 1.82) is 0 Å². The van der Waals surface area contributed by atoms with Crippen LogP contribution in [0.25, 0.3) is 22.6 Å². The van der Waals surface area contributed by atoms with Crippen LogP contribution in [0.2, 0.25) is 0 Å². The Kier molecular flexibility index (Phi) is 4.51. The first kappa shape index (κ1) is 17.1. The van der Waals surface area contributed by atoms with Crippen molar-refractivity contribution < 1.29 is 18.0 Å². The van der Waals surface area contributed by atoms with Crippen LogP contribution in [0, 0.1) is 0 Å². The molecule has 1 aromatic carbocycles. The second-order valence-corrected chi connectivity index (χ2v) is 6.55.